The van der Waals surface area contributed by atoms with Crippen LogP contribution in [-0.4, -0.2) is 19.0 Å². The Bertz CT molecular complexity index is 530. The maximum Gasteiger partial charge on any atom is 0.230 e. The van der Waals surface area contributed by atoms with Gasteiger partial charge in [0.05, 0.1) is 17.3 Å². The molecule has 2 N–H and O–H groups in total. The number of hydrogen-bond donors (Lipinski definition) is 2. The minimum absolute atomic E-state index is 0.128. The van der Waals surface area contributed by atoms with Crippen LogP contribution in [-0.2, 0) is 4.79 Å². The molecular formula is C14H16FN3O. The molecular weight excluding hydrogens is 245 g/mol. The molecule has 1 aliphatic rings. The summed E-state index contributed by atoms with van der Waals surface area (Å²) in [6, 6.07) is 5.90. The van der Waals surface area contributed by atoms with E-state index < -0.39 is 11.2 Å². The van der Waals surface area contributed by atoms with Crippen LogP contribution in [0.5, 0.6) is 0 Å². The van der Waals surface area contributed by atoms with E-state index >= 15 is 0 Å². The van der Waals surface area contributed by atoms with Crippen molar-refractivity contribution in [1.29, 1.82) is 5.26 Å². The lowest BCUT2D eigenvalue weighted by molar-refractivity contribution is -0.126. The third kappa shape index (κ3) is 2.91. The van der Waals surface area contributed by atoms with Gasteiger partial charge in [0, 0.05) is 5.41 Å². The number of nitriles is 1. The molecule has 1 amide bonds. The largest absolute Gasteiger partial charge is 0.323 e. The minimum Gasteiger partial charge on any atom is -0.323 e. The van der Waals surface area contributed by atoms with E-state index in [9.17, 15) is 9.18 Å². The van der Waals surface area contributed by atoms with Crippen molar-refractivity contribution in [2.75, 3.05) is 18.4 Å². The van der Waals surface area contributed by atoms with E-state index in [-0.39, 0.29) is 17.2 Å². The zero-order chi connectivity index (χ0) is 13.9. The number of nitrogens with zero attached hydrogens (tertiary/aromatic N) is 1. The van der Waals surface area contributed by atoms with Gasteiger partial charge in [0.1, 0.15) is 5.82 Å². The van der Waals surface area contributed by atoms with Gasteiger partial charge in [-0.25, -0.2) is 4.39 Å². The highest BCUT2D eigenvalue weighted by Gasteiger charge is 2.34. The topological polar surface area (TPSA) is 64.9 Å². The average molecular weight is 261 g/mol. The lowest BCUT2D eigenvalue weighted by atomic mass is 9.80. The van der Waals surface area contributed by atoms with E-state index in [0.717, 1.165) is 32.0 Å². The van der Waals surface area contributed by atoms with Crippen LogP contribution in [0.25, 0.3) is 0 Å². The van der Waals surface area contributed by atoms with Crippen molar-refractivity contribution in [3.8, 4) is 6.07 Å². The molecule has 1 aromatic carbocycles. The summed E-state index contributed by atoms with van der Waals surface area (Å²) in [5, 5.41) is 14.5. The van der Waals surface area contributed by atoms with Crippen molar-refractivity contribution in [2.45, 2.75) is 19.8 Å². The van der Waals surface area contributed by atoms with E-state index in [1.165, 1.54) is 12.1 Å². The molecule has 5 heteroatoms. The number of anilines is 1. The first-order valence-corrected chi connectivity index (χ1v) is 6.27. The Balaban J connectivity index is 2.13. The van der Waals surface area contributed by atoms with Crippen molar-refractivity contribution in [2.24, 2.45) is 5.41 Å². The molecule has 1 aliphatic heterocycles. The Morgan fingerprint density at radius 3 is 2.74 bits per heavy atom. The third-order valence-electron chi connectivity index (χ3n) is 3.60. The van der Waals surface area contributed by atoms with Crippen LogP contribution in [0.1, 0.15) is 25.3 Å². The molecule has 0 unspecified atom stereocenters. The molecule has 2 rings (SSSR count). The van der Waals surface area contributed by atoms with Gasteiger partial charge in [-0.05, 0) is 44.1 Å². The molecule has 0 atom stereocenters. The molecule has 0 spiro atoms. The summed E-state index contributed by atoms with van der Waals surface area (Å²) < 4.78 is 13.7. The van der Waals surface area contributed by atoms with Gasteiger partial charge in [-0.2, -0.15) is 5.26 Å². The molecule has 1 aromatic rings. The highest BCUT2D eigenvalue weighted by molar-refractivity contribution is 5.95. The summed E-state index contributed by atoms with van der Waals surface area (Å²) in [4.78, 5) is 12.2. The number of amides is 1. The van der Waals surface area contributed by atoms with Crippen molar-refractivity contribution in [3.05, 3.63) is 29.6 Å². The molecule has 0 aromatic heterocycles. The van der Waals surface area contributed by atoms with Crippen LogP contribution in [0, 0.1) is 22.6 Å². The second-order valence-corrected chi connectivity index (χ2v) is 5.07. The fourth-order valence-electron chi connectivity index (χ4n) is 2.16. The zero-order valence-electron chi connectivity index (χ0n) is 10.8. The normalized spacial score (nSPS) is 17.5. The average Bonchev–Trinajstić information content (AvgIpc) is 2.41. The summed E-state index contributed by atoms with van der Waals surface area (Å²) in [5.74, 6) is -0.748. The molecule has 0 bridgehead atoms. The zero-order valence-corrected chi connectivity index (χ0v) is 10.8. The molecule has 0 aliphatic carbocycles. The predicted octanol–water partition coefficient (Wildman–Crippen LogP) is 2.03. The molecule has 1 saturated heterocycles. The monoisotopic (exact) mass is 261 g/mol. The van der Waals surface area contributed by atoms with Gasteiger partial charge < -0.3 is 10.6 Å². The van der Waals surface area contributed by atoms with Crippen LogP contribution >= 0.6 is 0 Å². The maximum atomic E-state index is 13.7. The molecule has 4 nitrogen and oxygen atoms in total. The van der Waals surface area contributed by atoms with E-state index in [1.54, 1.807) is 0 Å². The smallest absolute Gasteiger partial charge is 0.230 e. The summed E-state index contributed by atoms with van der Waals surface area (Å²) in [5.41, 5.74) is -0.0988. The van der Waals surface area contributed by atoms with Crippen LogP contribution in [0.2, 0.25) is 0 Å². The standard InChI is InChI=1S/C14H16FN3O/c1-14(4-6-17-7-5-14)13(19)18-12-3-2-10(9-16)8-11(12)15/h2-3,8,17H,4-7H2,1H3,(H,18,19). The number of carbonyl (C=O) groups is 1. The first kappa shape index (κ1) is 13.5. The van der Waals surface area contributed by atoms with Crippen molar-refractivity contribution in [1.82, 2.24) is 5.32 Å². The van der Waals surface area contributed by atoms with Gasteiger partial charge in [-0.3, -0.25) is 4.79 Å². The first-order valence-electron chi connectivity index (χ1n) is 6.27. The van der Waals surface area contributed by atoms with Crippen LogP contribution in [0.15, 0.2) is 18.2 Å². The number of benzene rings is 1. The number of rotatable bonds is 2. The van der Waals surface area contributed by atoms with Crippen molar-refractivity contribution < 1.29 is 9.18 Å². The molecule has 100 valence electrons. The fourth-order valence-corrected chi connectivity index (χ4v) is 2.16. The van der Waals surface area contributed by atoms with Crippen molar-refractivity contribution >= 4 is 11.6 Å². The van der Waals surface area contributed by atoms with Gasteiger partial charge >= 0.3 is 0 Å². The maximum absolute atomic E-state index is 13.7. The lowest BCUT2D eigenvalue weighted by Crippen LogP contribution is -2.42. The summed E-state index contributed by atoms with van der Waals surface area (Å²) >= 11 is 0. The minimum atomic E-state index is -0.579. The van der Waals surface area contributed by atoms with Crippen LogP contribution in [0.4, 0.5) is 10.1 Å². The number of nitrogens with one attached hydrogen (secondary N) is 2. The van der Waals surface area contributed by atoms with Gasteiger partial charge in [0.25, 0.3) is 0 Å². The highest BCUT2D eigenvalue weighted by atomic mass is 19.1. The van der Waals surface area contributed by atoms with E-state index in [4.69, 9.17) is 5.26 Å². The van der Waals surface area contributed by atoms with Crippen LogP contribution < -0.4 is 10.6 Å². The fraction of sp³-hybridized carbons (Fsp3) is 0.429. The Kier molecular flexibility index (Phi) is 3.82. The predicted molar refractivity (Wildman–Crippen MR) is 70.0 cm³/mol. The highest BCUT2D eigenvalue weighted by Crippen LogP contribution is 2.30. The second kappa shape index (κ2) is 5.37. The Morgan fingerprint density at radius 1 is 1.47 bits per heavy atom. The quantitative estimate of drug-likeness (QED) is 0.856. The van der Waals surface area contributed by atoms with Crippen LogP contribution in [0.3, 0.4) is 0 Å². The lowest BCUT2D eigenvalue weighted by Gasteiger charge is -2.32. The number of hydrogen-bond acceptors (Lipinski definition) is 3. The van der Waals surface area contributed by atoms with E-state index in [0.29, 0.717) is 0 Å². The molecule has 1 heterocycles. The molecule has 19 heavy (non-hydrogen) atoms. The van der Waals surface area contributed by atoms with E-state index in [1.807, 2.05) is 13.0 Å². The summed E-state index contributed by atoms with van der Waals surface area (Å²) in [7, 11) is 0. The Hall–Kier alpha value is -1.93. The third-order valence-corrected chi connectivity index (χ3v) is 3.60. The SMILES string of the molecule is CC1(C(=O)Nc2ccc(C#N)cc2F)CCNCC1. The van der Waals surface area contributed by atoms with Gasteiger partial charge in [-0.15, -0.1) is 0 Å². The summed E-state index contributed by atoms with van der Waals surface area (Å²) in [6.07, 6.45) is 1.47. The summed E-state index contributed by atoms with van der Waals surface area (Å²) in [6.45, 7) is 3.48. The van der Waals surface area contributed by atoms with Gasteiger partial charge in [0.15, 0.2) is 0 Å². The molecule has 0 saturated carbocycles. The number of halogens is 1. The molecule has 1 fully saturated rings. The molecule has 0 radical (unpaired) electrons. The first-order chi connectivity index (χ1) is 9.05. The Morgan fingerprint density at radius 2 is 2.16 bits per heavy atom. The van der Waals surface area contributed by atoms with Crippen molar-refractivity contribution in [3.63, 3.8) is 0 Å². The number of piperidine rings is 1. The second-order valence-electron chi connectivity index (χ2n) is 5.07. The van der Waals surface area contributed by atoms with Gasteiger partial charge in [-0.1, -0.05) is 6.92 Å². The van der Waals surface area contributed by atoms with E-state index in [2.05, 4.69) is 10.6 Å². The van der Waals surface area contributed by atoms with Gasteiger partial charge in [0.2, 0.25) is 5.91 Å². The number of carbonyl (C=O) groups excluding carboxylic acids is 1. The Labute approximate surface area is 111 Å².